The molecule has 0 radical (unpaired) electrons. The van der Waals surface area contributed by atoms with E-state index in [1.807, 2.05) is 0 Å². The Kier molecular flexibility index (Phi) is 5.52. The number of carboxylic acids is 1. The minimum absolute atomic E-state index is 0.0355. The summed E-state index contributed by atoms with van der Waals surface area (Å²) in [6.45, 7) is 3.43. The average Bonchev–Trinajstić information content (AvgIpc) is 2.87. The predicted molar refractivity (Wildman–Crippen MR) is 114 cm³/mol. The summed E-state index contributed by atoms with van der Waals surface area (Å²) in [6, 6.07) is 0. The lowest BCUT2D eigenvalue weighted by Gasteiger charge is -2.63. The first kappa shape index (κ1) is 23.3. The first-order valence-corrected chi connectivity index (χ1v) is 11.8. The quantitative estimate of drug-likeness (QED) is 0.436. The van der Waals surface area contributed by atoms with Gasteiger partial charge in [0.05, 0.1) is 24.2 Å². The van der Waals surface area contributed by atoms with Crippen molar-refractivity contribution >= 4 is 21.9 Å². The highest BCUT2D eigenvalue weighted by molar-refractivity contribution is 9.11. The Morgan fingerprint density at radius 3 is 2.68 bits per heavy atom. The summed E-state index contributed by atoms with van der Waals surface area (Å²) in [6.07, 6.45) is -0.194. The molecule has 4 rings (SSSR count). The molecule has 3 saturated carbocycles. The van der Waals surface area contributed by atoms with Gasteiger partial charge in [-0.2, -0.15) is 0 Å². The van der Waals surface area contributed by atoms with Crippen LogP contribution in [0.15, 0.2) is 22.2 Å². The van der Waals surface area contributed by atoms with Crippen LogP contribution in [0.25, 0.3) is 0 Å². The molecule has 9 atom stereocenters. The lowest BCUT2D eigenvalue weighted by atomic mass is 9.44. The number of carboxylic acid groups (broad SMARTS) is 1. The third-order valence-electron chi connectivity index (χ3n) is 9.02. The van der Waals surface area contributed by atoms with Crippen LogP contribution in [0.1, 0.15) is 58.8 Å². The van der Waals surface area contributed by atoms with Gasteiger partial charge in [0.1, 0.15) is 6.17 Å². The highest BCUT2D eigenvalue weighted by Crippen LogP contribution is 2.70. The van der Waals surface area contributed by atoms with Crippen molar-refractivity contribution in [3.8, 4) is 0 Å². The van der Waals surface area contributed by atoms with Gasteiger partial charge >= 0.3 is 5.97 Å². The fourth-order valence-corrected chi connectivity index (χ4v) is 8.12. The summed E-state index contributed by atoms with van der Waals surface area (Å²) in [4.78, 5) is 11.0. The standard InChI is InChI=1S/C23H31BrF2O5/c1-20-11-18(28)23(26)16(8-17(25)15-4-3-12(24)9-21(15,23)2)14(20)5-6-22(20,31)10-13(27)7-19(29)30/h4,9,13-14,16-18,27-28,31H,3,5-8,10-11H2,1-2H3,(H,29,30)/t13?,14-,16-,17?,18?,20-,21-,22-,23-/m0/s1. The Hall–Kier alpha value is -0.830. The smallest absolute Gasteiger partial charge is 0.305 e. The van der Waals surface area contributed by atoms with Crippen LogP contribution < -0.4 is 0 Å². The van der Waals surface area contributed by atoms with Crippen molar-refractivity contribution in [1.29, 1.82) is 0 Å². The van der Waals surface area contributed by atoms with Crippen LogP contribution in [-0.2, 0) is 4.79 Å². The molecule has 0 aromatic rings. The Morgan fingerprint density at radius 2 is 2.03 bits per heavy atom. The normalized spacial score (nSPS) is 49.9. The Balaban J connectivity index is 1.73. The number of hydrogen-bond donors (Lipinski definition) is 4. The molecule has 3 fully saturated rings. The van der Waals surface area contributed by atoms with E-state index >= 15 is 8.78 Å². The van der Waals surface area contributed by atoms with Crippen LogP contribution in [0, 0.1) is 22.7 Å². The summed E-state index contributed by atoms with van der Waals surface area (Å²) < 4.78 is 33.2. The van der Waals surface area contributed by atoms with E-state index in [1.165, 1.54) is 0 Å². The molecule has 0 aromatic heterocycles. The van der Waals surface area contributed by atoms with E-state index in [0.29, 0.717) is 18.4 Å². The van der Waals surface area contributed by atoms with Gasteiger partial charge in [-0.1, -0.05) is 35.0 Å². The molecule has 3 unspecified atom stereocenters. The van der Waals surface area contributed by atoms with Gasteiger partial charge in [-0.15, -0.1) is 0 Å². The van der Waals surface area contributed by atoms with Crippen LogP contribution in [0.5, 0.6) is 0 Å². The molecule has 0 saturated heterocycles. The van der Waals surface area contributed by atoms with E-state index in [2.05, 4.69) is 15.9 Å². The Morgan fingerprint density at radius 1 is 1.35 bits per heavy atom. The number of aliphatic carboxylic acids is 1. The second kappa shape index (κ2) is 7.34. The largest absolute Gasteiger partial charge is 0.481 e. The molecule has 4 aliphatic carbocycles. The van der Waals surface area contributed by atoms with Gasteiger partial charge in [0.15, 0.2) is 5.67 Å². The van der Waals surface area contributed by atoms with Gasteiger partial charge < -0.3 is 20.4 Å². The Bertz CT molecular complexity index is 848. The number of hydrogen-bond acceptors (Lipinski definition) is 4. The maximum Gasteiger partial charge on any atom is 0.305 e. The molecule has 0 bridgehead atoms. The van der Waals surface area contributed by atoms with Crippen molar-refractivity contribution in [2.24, 2.45) is 22.7 Å². The first-order chi connectivity index (χ1) is 14.3. The maximum atomic E-state index is 17.0. The van der Waals surface area contributed by atoms with E-state index in [1.54, 1.807) is 26.0 Å². The molecule has 5 nitrogen and oxygen atoms in total. The molecular formula is C23H31BrF2O5. The zero-order valence-electron chi connectivity index (χ0n) is 17.8. The summed E-state index contributed by atoms with van der Waals surface area (Å²) in [5.74, 6) is -2.37. The van der Waals surface area contributed by atoms with Gasteiger partial charge in [-0.3, -0.25) is 4.79 Å². The van der Waals surface area contributed by atoms with Crippen molar-refractivity contribution < 1.29 is 34.0 Å². The van der Waals surface area contributed by atoms with Crippen molar-refractivity contribution in [3.63, 3.8) is 0 Å². The van der Waals surface area contributed by atoms with Gasteiger partial charge in [-0.25, -0.2) is 8.78 Å². The van der Waals surface area contributed by atoms with E-state index in [9.17, 15) is 20.1 Å². The maximum absolute atomic E-state index is 17.0. The molecule has 0 aliphatic heterocycles. The van der Waals surface area contributed by atoms with Crippen molar-refractivity contribution in [2.75, 3.05) is 0 Å². The molecule has 0 amide bonds. The van der Waals surface area contributed by atoms with Gasteiger partial charge in [-0.05, 0) is 55.0 Å². The third kappa shape index (κ3) is 3.11. The fourth-order valence-electron chi connectivity index (χ4n) is 7.50. The SMILES string of the molecule is C[C@]12C=C(Br)CC=C1C(F)C[C@H]1[C@@H]3CC[C@](O)(CC(O)CC(=O)O)[C@@]3(C)CC(O)[C@@]12F. The van der Waals surface area contributed by atoms with Crippen LogP contribution in [0.4, 0.5) is 8.78 Å². The minimum atomic E-state index is -2.09. The van der Waals surface area contributed by atoms with Crippen molar-refractivity contribution in [1.82, 2.24) is 0 Å². The highest BCUT2D eigenvalue weighted by Gasteiger charge is 2.74. The molecular weight excluding hydrogens is 474 g/mol. The van der Waals surface area contributed by atoms with Crippen molar-refractivity contribution in [3.05, 3.63) is 22.2 Å². The van der Waals surface area contributed by atoms with Crippen LogP contribution >= 0.6 is 15.9 Å². The number of alkyl halides is 2. The zero-order chi connectivity index (χ0) is 23.0. The zero-order valence-corrected chi connectivity index (χ0v) is 19.4. The second-order valence-electron chi connectivity index (χ2n) is 10.5. The van der Waals surface area contributed by atoms with Gasteiger partial charge in [0, 0.05) is 23.2 Å². The fraction of sp³-hybridized carbons (Fsp3) is 0.783. The Labute approximate surface area is 189 Å². The third-order valence-corrected chi connectivity index (χ3v) is 9.57. The van der Waals surface area contributed by atoms with E-state index in [0.717, 1.165) is 4.48 Å². The van der Waals surface area contributed by atoms with Crippen molar-refractivity contribution in [2.45, 2.75) is 88.4 Å². The summed E-state index contributed by atoms with van der Waals surface area (Å²) in [5, 5.41) is 41.9. The van der Waals surface area contributed by atoms with Gasteiger partial charge in [0.25, 0.3) is 0 Å². The summed E-state index contributed by atoms with van der Waals surface area (Å²) in [7, 11) is 0. The number of allylic oxidation sites excluding steroid dienone is 4. The second-order valence-corrected chi connectivity index (χ2v) is 11.5. The number of fused-ring (bicyclic) bond motifs is 5. The highest BCUT2D eigenvalue weighted by atomic mass is 79.9. The molecule has 174 valence electrons. The topological polar surface area (TPSA) is 98.0 Å². The van der Waals surface area contributed by atoms with E-state index < -0.39 is 64.7 Å². The lowest BCUT2D eigenvalue weighted by Crippen LogP contribution is -2.69. The number of carbonyl (C=O) groups is 1. The predicted octanol–water partition coefficient (Wildman–Crippen LogP) is 3.81. The molecule has 4 N–H and O–H groups in total. The molecule has 0 spiro atoms. The monoisotopic (exact) mass is 504 g/mol. The van der Waals surface area contributed by atoms with Crippen LogP contribution in [0.3, 0.4) is 0 Å². The molecule has 4 aliphatic rings. The summed E-state index contributed by atoms with van der Waals surface area (Å²) in [5.41, 5.74) is -5.42. The minimum Gasteiger partial charge on any atom is -0.481 e. The lowest BCUT2D eigenvalue weighted by molar-refractivity contribution is -0.226. The van der Waals surface area contributed by atoms with E-state index in [-0.39, 0.29) is 25.7 Å². The first-order valence-electron chi connectivity index (χ1n) is 11.0. The van der Waals surface area contributed by atoms with Gasteiger partial charge in [0.2, 0.25) is 0 Å². The molecule has 8 heteroatoms. The average molecular weight is 505 g/mol. The van der Waals surface area contributed by atoms with E-state index in [4.69, 9.17) is 5.11 Å². The number of aliphatic hydroxyl groups excluding tert-OH is 2. The molecule has 0 aromatic carbocycles. The summed E-state index contributed by atoms with van der Waals surface area (Å²) >= 11 is 3.43. The molecule has 31 heavy (non-hydrogen) atoms. The molecule has 0 heterocycles. The van der Waals surface area contributed by atoms with Crippen LogP contribution in [-0.4, -0.2) is 56.0 Å². The van der Waals surface area contributed by atoms with Crippen LogP contribution in [0.2, 0.25) is 0 Å². The number of aliphatic hydroxyl groups is 3. The number of halogens is 3. The number of rotatable bonds is 4.